The van der Waals surface area contributed by atoms with Crippen LogP contribution in [0.5, 0.6) is 5.75 Å². The van der Waals surface area contributed by atoms with Gasteiger partial charge < -0.3 is 9.84 Å². The van der Waals surface area contributed by atoms with Crippen LogP contribution >= 0.6 is 11.6 Å². The minimum absolute atomic E-state index is 0.0344. The minimum atomic E-state index is -2.89. The topological polar surface area (TPSA) is 29.5 Å². The van der Waals surface area contributed by atoms with Gasteiger partial charge in [0.1, 0.15) is 5.75 Å². The van der Waals surface area contributed by atoms with E-state index in [1.165, 1.54) is 18.2 Å². The van der Waals surface area contributed by atoms with E-state index in [-0.39, 0.29) is 12.4 Å². The van der Waals surface area contributed by atoms with Crippen molar-refractivity contribution in [2.75, 3.05) is 6.61 Å². The van der Waals surface area contributed by atoms with Gasteiger partial charge in [0.05, 0.1) is 6.61 Å². The predicted octanol–water partition coefficient (Wildman–Crippen LogP) is 3.34. The Hall–Kier alpha value is -1.13. The number of ether oxygens (including phenoxy) is 1. The van der Waals surface area contributed by atoms with Crippen molar-refractivity contribution < 1.29 is 18.6 Å². The Morgan fingerprint density at radius 2 is 2.25 bits per heavy atom. The second-order valence-corrected chi connectivity index (χ2v) is 3.65. The fourth-order valence-electron chi connectivity index (χ4n) is 1.15. The van der Waals surface area contributed by atoms with Crippen LogP contribution in [0.1, 0.15) is 12.5 Å². The zero-order chi connectivity index (χ0) is 12.1. The van der Waals surface area contributed by atoms with Crippen molar-refractivity contribution in [2.45, 2.75) is 13.5 Å². The monoisotopic (exact) mass is 248 g/mol. The lowest BCUT2D eigenvalue weighted by molar-refractivity contribution is -0.0499. The molecule has 1 N–H and O–H groups in total. The highest BCUT2D eigenvalue weighted by Crippen LogP contribution is 2.26. The highest BCUT2D eigenvalue weighted by molar-refractivity contribution is 6.30. The fraction of sp³-hybridized carbons (Fsp3) is 0.273. The molecular weight excluding hydrogens is 238 g/mol. The van der Waals surface area contributed by atoms with Gasteiger partial charge >= 0.3 is 6.61 Å². The summed E-state index contributed by atoms with van der Waals surface area (Å²) in [5.41, 5.74) is 1.04. The van der Waals surface area contributed by atoms with Gasteiger partial charge in [-0.05, 0) is 30.7 Å². The summed E-state index contributed by atoms with van der Waals surface area (Å²) in [6, 6.07) is 4.33. The molecule has 0 aliphatic rings. The smallest absolute Gasteiger partial charge is 0.387 e. The van der Waals surface area contributed by atoms with Crippen LogP contribution in [0.25, 0.3) is 6.08 Å². The van der Waals surface area contributed by atoms with Crippen LogP contribution in [-0.2, 0) is 0 Å². The SMILES string of the molecule is CC(=Cc1cc(Cl)ccc1OC(F)F)CO. The van der Waals surface area contributed by atoms with Crippen molar-refractivity contribution in [1.29, 1.82) is 0 Å². The zero-order valence-corrected chi connectivity index (χ0v) is 9.34. The molecule has 1 aromatic rings. The molecule has 0 radical (unpaired) electrons. The Bertz CT molecular complexity index is 392. The molecule has 0 bridgehead atoms. The first-order chi connectivity index (χ1) is 7.52. The molecule has 0 aromatic heterocycles. The van der Waals surface area contributed by atoms with E-state index in [0.717, 1.165) is 0 Å². The maximum Gasteiger partial charge on any atom is 0.387 e. The van der Waals surface area contributed by atoms with E-state index < -0.39 is 6.61 Å². The Balaban J connectivity index is 3.08. The van der Waals surface area contributed by atoms with E-state index in [2.05, 4.69) is 4.74 Å². The first-order valence-electron chi connectivity index (χ1n) is 4.55. The maximum atomic E-state index is 12.1. The summed E-state index contributed by atoms with van der Waals surface area (Å²) < 4.78 is 28.5. The quantitative estimate of drug-likeness (QED) is 0.886. The maximum absolute atomic E-state index is 12.1. The van der Waals surface area contributed by atoms with Crippen LogP contribution in [0.3, 0.4) is 0 Å². The highest BCUT2D eigenvalue weighted by atomic mass is 35.5. The molecule has 2 nitrogen and oxygen atoms in total. The molecule has 0 unspecified atom stereocenters. The summed E-state index contributed by atoms with van der Waals surface area (Å²) >= 11 is 5.75. The van der Waals surface area contributed by atoms with Crippen LogP contribution in [-0.4, -0.2) is 18.3 Å². The van der Waals surface area contributed by atoms with Gasteiger partial charge in [-0.25, -0.2) is 0 Å². The molecule has 0 fully saturated rings. The molecular formula is C11H11ClF2O2. The molecule has 0 heterocycles. The third-order valence-electron chi connectivity index (χ3n) is 1.84. The Kier molecular flexibility index (Phi) is 4.71. The van der Waals surface area contributed by atoms with Crippen molar-refractivity contribution >= 4 is 17.7 Å². The van der Waals surface area contributed by atoms with Gasteiger partial charge in [0.25, 0.3) is 0 Å². The van der Waals surface area contributed by atoms with Crippen molar-refractivity contribution in [2.24, 2.45) is 0 Å². The lowest BCUT2D eigenvalue weighted by atomic mass is 10.1. The molecule has 0 spiro atoms. The zero-order valence-electron chi connectivity index (χ0n) is 8.58. The number of aliphatic hydroxyl groups excluding tert-OH is 1. The van der Waals surface area contributed by atoms with Gasteiger partial charge in [-0.15, -0.1) is 0 Å². The summed E-state index contributed by atoms with van der Waals surface area (Å²) in [6.45, 7) is -1.36. The molecule has 1 rings (SSSR count). The van der Waals surface area contributed by atoms with Gasteiger partial charge in [0.2, 0.25) is 0 Å². The van der Waals surface area contributed by atoms with Crippen molar-refractivity contribution in [3.8, 4) is 5.75 Å². The first kappa shape index (κ1) is 12.9. The average Bonchev–Trinajstić information content (AvgIpc) is 2.21. The van der Waals surface area contributed by atoms with Crippen LogP contribution in [0.4, 0.5) is 8.78 Å². The summed E-state index contributed by atoms with van der Waals surface area (Å²) in [6.07, 6.45) is 1.55. The molecule has 16 heavy (non-hydrogen) atoms. The van der Waals surface area contributed by atoms with Crippen molar-refractivity contribution in [3.05, 3.63) is 34.4 Å². The lowest BCUT2D eigenvalue weighted by Crippen LogP contribution is -2.03. The van der Waals surface area contributed by atoms with Crippen LogP contribution in [0.2, 0.25) is 5.02 Å². The second-order valence-electron chi connectivity index (χ2n) is 3.21. The lowest BCUT2D eigenvalue weighted by Gasteiger charge is -2.09. The summed E-state index contributed by atoms with van der Waals surface area (Å²) in [4.78, 5) is 0. The molecule has 0 aliphatic carbocycles. The standard InChI is InChI=1S/C11H11ClF2O2/c1-7(6-15)4-8-5-9(12)2-3-10(8)16-11(13)14/h2-5,11,15H,6H2,1H3. The van der Waals surface area contributed by atoms with E-state index in [1.807, 2.05) is 0 Å². The molecule has 0 aliphatic heterocycles. The van der Waals surface area contributed by atoms with E-state index in [0.29, 0.717) is 16.2 Å². The molecule has 1 aromatic carbocycles. The van der Waals surface area contributed by atoms with E-state index >= 15 is 0 Å². The molecule has 5 heteroatoms. The van der Waals surface area contributed by atoms with Gasteiger partial charge in [-0.3, -0.25) is 0 Å². The average molecular weight is 249 g/mol. The Morgan fingerprint density at radius 1 is 1.56 bits per heavy atom. The molecule has 88 valence electrons. The third kappa shape index (κ3) is 3.79. The number of rotatable bonds is 4. The van der Waals surface area contributed by atoms with Gasteiger partial charge in [0.15, 0.2) is 0 Å². The largest absolute Gasteiger partial charge is 0.434 e. The molecule has 0 amide bonds. The Labute approximate surface area is 97.1 Å². The number of alkyl halides is 2. The number of hydrogen-bond donors (Lipinski definition) is 1. The summed E-state index contributed by atoms with van der Waals surface area (Å²) in [5, 5.41) is 9.26. The predicted molar refractivity (Wildman–Crippen MR) is 58.8 cm³/mol. The molecule has 0 saturated carbocycles. The number of benzene rings is 1. The van der Waals surface area contributed by atoms with Crippen molar-refractivity contribution in [3.63, 3.8) is 0 Å². The summed E-state index contributed by atoms with van der Waals surface area (Å²) in [7, 11) is 0. The molecule has 0 atom stereocenters. The highest BCUT2D eigenvalue weighted by Gasteiger charge is 2.08. The van der Waals surface area contributed by atoms with Crippen molar-refractivity contribution in [1.82, 2.24) is 0 Å². The normalized spacial score (nSPS) is 12.0. The second kappa shape index (κ2) is 5.82. The number of halogens is 3. The van der Waals surface area contributed by atoms with Crippen LogP contribution < -0.4 is 4.74 Å². The van der Waals surface area contributed by atoms with E-state index in [1.54, 1.807) is 13.0 Å². The van der Waals surface area contributed by atoms with Gasteiger partial charge in [0, 0.05) is 10.6 Å². The van der Waals surface area contributed by atoms with Crippen LogP contribution in [0.15, 0.2) is 23.8 Å². The third-order valence-corrected chi connectivity index (χ3v) is 2.07. The Morgan fingerprint density at radius 3 is 2.81 bits per heavy atom. The fourth-order valence-corrected chi connectivity index (χ4v) is 1.33. The van der Waals surface area contributed by atoms with E-state index in [4.69, 9.17) is 16.7 Å². The first-order valence-corrected chi connectivity index (χ1v) is 4.93. The number of hydrogen-bond acceptors (Lipinski definition) is 2. The van der Waals surface area contributed by atoms with Gasteiger partial charge in [-0.1, -0.05) is 17.7 Å². The summed E-state index contributed by atoms with van der Waals surface area (Å²) in [5.74, 6) is 0.0344. The minimum Gasteiger partial charge on any atom is -0.434 e. The van der Waals surface area contributed by atoms with Crippen LogP contribution in [0, 0.1) is 0 Å². The molecule has 0 saturated heterocycles. The van der Waals surface area contributed by atoms with Gasteiger partial charge in [-0.2, -0.15) is 8.78 Å². The van der Waals surface area contributed by atoms with E-state index in [9.17, 15) is 8.78 Å². The number of aliphatic hydroxyl groups is 1.